The number of hydrogen-bond acceptors (Lipinski definition) is 3. The molecule has 0 aliphatic heterocycles. The van der Waals surface area contributed by atoms with E-state index < -0.39 is 9.05 Å². The van der Waals surface area contributed by atoms with E-state index in [4.69, 9.17) is 15.9 Å². The molecule has 0 fully saturated rings. The number of benzene rings is 1. The highest BCUT2D eigenvalue weighted by Crippen LogP contribution is 2.29. The van der Waals surface area contributed by atoms with E-state index in [1.54, 1.807) is 6.07 Å². The topological polar surface area (TPSA) is 57.9 Å². The van der Waals surface area contributed by atoms with Crippen LogP contribution in [-0.2, 0) is 14.4 Å². The van der Waals surface area contributed by atoms with E-state index in [1.165, 1.54) is 6.07 Å². The first-order valence-electron chi connectivity index (χ1n) is 3.64. The van der Waals surface area contributed by atoms with E-state index in [1.807, 2.05) is 6.07 Å². The molecule has 0 amide bonds. The van der Waals surface area contributed by atoms with Crippen molar-refractivity contribution in [3.63, 3.8) is 0 Å². The number of halogens is 3. The van der Waals surface area contributed by atoms with Gasteiger partial charge in [-0.3, -0.25) is 0 Å². The standard InChI is InChI=1S/C8H4Br2ClNO2S/c9-3-5-6(4-12)8(15(11,13)14)2-1-7(5)10/h1-2H,3H2. The summed E-state index contributed by atoms with van der Waals surface area (Å²) in [5, 5.41) is 9.28. The van der Waals surface area contributed by atoms with Crippen molar-refractivity contribution in [3.8, 4) is 6.07 Å². The van der Waals surface area contributed by atoms with Crippen molar-refractivity contribution in [3.05, 3.63) is 27.7 Å². The Hall–Kier alpha value is -0.0900. The molecule has 0 aliphatic rings. The molecule has 15 heavy (non-hydrogen) atoms. The van der Waals surface area contributed by atoms with Crippen molar-refractivity contribution in [2.24, 2.45) is 0 Å². The number of nitrogens with zero attached hydrogens (tertiary/aromatic N) is 1. The van der Waals surface area contributed by atoms with Gasteiger partial charge in [-0.2, -0.15) is 5.26 Å². The summed E-state index contributed by atoms with van der Waals surface area (Å²) in [4.78, 5) is -0.163. The molecule has 1 aromatic rings. The summed E-state index contributed by atoms with van der Waals surface area (Å²) in [6.07, 6.45) is 0. The Morgan fingerprint density at radius 2 is 2.07 bits per heavy atom. The van der Waals surface area contributed by atoms with E-state index in [-0.39, 0.29) is 10.5 Å². The number of hydrogen-bond donors (Lipinski definition) is 0. The third-order valence-electron chi connectivity index (χ3n) is 1.73. The second-order valence-corrected chi connectivity index (χ2v) is 6.53. The fourth-order valence-electron chi connectivity index (χ4n) is 1.06. The van der Waals surface area contributed by atoms with Gasteiger partial charge in [-0.15, -0.1) is 0 Å². The van der Waals surface area contributed by atoms with Gasteiger partial charge in [0.15, 0.2) is 0 Å². The lowest BCUT2D eigenvalue weighted by Crippen LogP contribution is -1.99. The van der Waals surface area contributed by atoms with Gasteiger partial charge in [0.05, 0.1) is 5.56 Å². The van der Waals surface area contributed by atoms with Gasteiger partial charge in [-0.05, 0) is 17.7 Å². The fourth-order valence-corrected chi connectivity index (χ4v) is 3.52. The predicted molar refractivity (Wildman–Crippen MR) is 64.5 cm³/mol. The minimum atomic E-state index is -3.89. The van der Waals surface area contributed by atoms with Crippen LogP contribution in [0.4, 0.5) is 0 Å². The van der Waals surface area contributed by atoms with Crippen molar-refractivity contribution in [1.29, 1.82) is 5.26 Å². The van der Waals surface area contributed by atoms with Crippen LogP contribution in [0.25, 0.3) is 0 Å². The Morgan fingerprint density at radius 1 is 1.47 bits per heavy atom. The van der Waals surface area contributed by atoms with Crippen molar-refractivity contribution in [1.82, 2.24) is 0 Å². The quantitative estimate of drug-likeness (QED) is 0.591. The molecule has 0 radical (unpaired) electrons. The summed E-state index contributed by atoms with van der Waals surface area (Å²) < 4.78 is 23.0. The van der Waals surface area contributed by atoms with Gasteiger partial charge in [0.1, 0.15) is 11.0 Å². The number of nitriles is 1. The molecular formula is C8H4Br2ClNO2S. The van der Waals surface area contributed by atoms with E-state index >= 15 is 0 Å². The molecule has 0 aromatic heterocycles. The summed E-state index contributed by atoms with van der Waals surface area (Å²) in [6.45, 7) is 0. The molecule has 0 spiro atoms. The van der Waals surface area contributed by atoms with Crippen molar-refractivity contribution in [2.45, 2.75) is 10.2 Å². The summed E-state index contributed by atoms with van der Waals surface area (Å²) in [5.74, 6) is 0. The largest absolute Gasteiger partial charge is 0.262 e. The highest BCUT2D eigenvalue weighted by Gasteiger charge is 2.19. The Bertz CT molecular complexity index is 536. The average molecular weight is 373 g/mol. The molecule has 7 heteroatoms. The summed E-state index contributed by atoms with van der Waals surface area (Å²) >= 11 is 6.41. The van der Waals surface area contributed by atoms with Gasteiger partial charge < -0.3 is 0 Å². The molecule has 0 heterocycles. The molecule has 0 aliphatic carbocycles. The van der Waals surface area contributed by atoms with Crippen molar-refractivity contribution in [2.75, 3.05) is 0 Å². The zero-order valence-electron chi connectivity index (χ0n) is 7.17. The molecule has 3 nitrogen and oxygen atoms in total. The lowest BCUT2D eigenvalue weighted by atomic mass is 10.1. The van der Waals surface area contributed by atoms with E-state index in [0.29, 0.717) is 15.4 Å². The van der Waals surface area contributed by atoms with Gasteiger partial charge in [0, 0.05) is 20.5 Å². The van der Waals surface area contributed by atoms with Crippen LogP contribution in [0.1, 0.15) is 11.1 Å². The van der Waals surface area contributed by atoms with Crippen LogP contribution in [0.15, 0.2) is 21.5 Å². The Labute approximate surface area is 109 Å². The molecule has 1 rings (SSSR count). The van der Waals surface area contributed by atoms with Gasteiger partial charge in [0.2, 0.25) is 0 Å². The maximum Gasteiger partial charge on any atom is 0.262 e. The minimum absolute atomic E-state index is 0.0660. The normalized spacial score (nSPS) is 11.1. The Kier molecular flexibility index (Phi) is 4.18. The highest BCUT2D eigenvalue weighted by molar-refractivity contribution is 9.10. The van der Waals surface area contributed by atoms with Crippen LogP contribution < -0.4 is 0 Å². The highest BCUT2D eigenvalue weighted by atomic mass is 79.9. The van der Waals surface area contributed by atoms with Crippen LogP contribution in [0.5, 0.6) is 0 Å². The summed E-state index contributed by atoms with van der Waals surface area (Å²) in [5.41, 5.74) is 0.635. The van der Waals surface area contributed by atoms with Crippen LogP contribution in [-0.4, -0.2) is 8.42 Å². The smallest absolute Gasteiger partial charge is 0.207 e. The molecule has 0 saturated carbocycles. The minimum Gasteiger partial charge on any atom is -0.207 e. The maximum atomic E-state index is 11.2. The SMILES string of the molecule is N#Cc1c(S(=O)(=O)Cl)ccc(Br)c1CBr. The second-order valence-electron chi connectivity index (χ2n) is 2.58. The van der Waals surface area contributed by atoms with Crippen molar-refractivity contribution >= 4 is 51.6 Å². The first-order chi connectivity index (χ1) is 6.91. The molecule has 0 atom stereocenters. The van der Waals surface area contributed by atoms with E-state index in [0.717, 1.165) is 0 Å². The predicted octanol–water partition coefficient (Wildman–Crippen LogP) is 3.14. The van der Waals surface area contributed by atoms with Gasteiger partial charge in [-0.1, -0.05) is 31.9 Å². The zero-order valence-corrected chi connectivity index (χ0v) is 11.9. The van der Waals surface area contributed by atoms with Crippen molar-refractivity contribution < 1.29 is 8.42 Å². The molecule has 80 valence electrons. The maximum absolute atomic E-state index is 11.2. The zero-order chi connectivity index (χ0) is 11.6. The molecule has 0 bridgehead atoms. The van der Waals surface area contributed by atoms with Gasteiger partial charge in [0.25, 0.3) is 9.05 Å². The second kappa shape index (κ2) is 4.83. The third-order valence-corrected chi connectivity index (χ3v) is 4.39. The van der Waals surface area contributed by atoms with Gasteiger partial charge >= 0.3 is 0 Å². The van der Waals surface area contributed by atoms with Crippen LogP contribution in [0.2, 0.25) is 0 Å². The van der Waals surface area contributed by atoms with E-state index in [2.05, 4.69) is 31.9 Å². The lowest BCUT2D eigenvalue weighted by molar-refractivity contribution is 0.609. The molecule has 1 aromatic carbocycles. The molecular weight excluding hydrogens is 369 g/mol. The number of rotatable bonds is 2. The fraction of sp³-hybridized carbons (Fsp3) is 0.125. The Morgan fingerprint density at radius 3 is 2.47 bits per heavy atom. The first-order valence-corrected chi connectivity index (χ1v) is 7.86. The molecule has 0 saturated heterocycles. The first kappa shape index (κ1) is 13.0. The monoisotopic (exact) mass is 371 g/mol. The number of alkyl halides is 1. The van der Waals surface area contributed by atoms with Crippen LogP contribution in [0.3, 0.4) is 0 Å². The Balaban J connectivity index is 3.66. The van der Waals surface area contributed by atoms with Crippen LogP contribution in [0, 0.1) is 11.3 Å². The average Bonchev–Trinajstić information content (AvgIpc) is 2.15. The summed E-state index contributed by atoms with van der Waals surface area (Å²) in [7, 11) is 1.33. The lowest BCUT2D eigenvalue weighted by Gasteiger charge is -2.06. The van der Waals surface area contributed by atoms with E-state index in [9.17, 15) is 8.42 Å². The summed E-state index contributed by atoms with van der Waals surface area (Å²) in [6, 6.07) is 4.69. The van der Waals surface area contributed by atoms with Crippen LogP contribution >= 0.6 is 42.5 Å². The molecule has 0 N–H and O–H groups in total. The van der Waals surface area contributed by atoms with Gasteiger partial charge in [-0.25, -0.2) is 8.42 Å². The molecule has 0 unspecified atom stereocenters. The third kappa shape index (κ3) is 2.72.